The van der Waals surface area contributed by atoms with E-state index in [4.69, 9.17) is 18.9 Å². The predicted molar refractivity (Wildman–Crippen MR) is 324 cm³/mol. The molecule has 20 heteroatoms. The zero-order valence-corrected chi connectivity index (χ0v) is 52.4. The van der Waals surface area contributed by atoms with Crippen molar-refractivity contribution in [1.82, 2.24) is 10.6 Å². The molecule has 0 amide bonds. The van der Waals surface area contributed by atoms with Crippen LogP contribution in [0, 0.1) is 35.5 Å². The number of ether oxygens (including phenoxy) is 4. The largest absolute Gasteiger partial charge is 0.465 e. The minimum absolute atomic E-state index is 0.0547. The van der Waals surface area contributed by atoms with E-state index in [2.05, 4.69) is 27.8 Å². The smallest absolute Gasteiger partial charge is 0.334 e. The van der Waals surface area contributed by atoms with E-state index in [9.17, 15) is 65.4 Å². The minimum atomic E-state index is -2.51. The minimum Gasteiger partial charge on any atom is -0.465 e. The Bertz CT molecular complexity index is 2080. The number of nitrogens with one attached hydrogen (secondary N) is 2. The highest BCUT2D eigenvalue weighted by atomic mass is 16.7. The molecule has 2 heterocycles. The Morgan fingerprint density at radius 2 is 1.44 bits per heavy atom. The van der Waals surface area contributed by atoms with Gasteiger partial charge in [-0.1, -0.05) is 110 Å². The Balaban J connectivity index is 2.47. The van der Waals surface area contributed by atoms with Gasteiger partial charge >= 0.3 is 17.9 Å². The Hall–Kier alpha value is -4.06. The molecule has 1 fully saturated rings. The SMILES string of the molecule is CCCC(CC)COC(=O)CC(=O)OC1CC(O)CC(O)CC(O)/C(C)=C\C=C/C(C)C(C(C)CCC/C=C/CCCNC(=NC)NC)OC(=O)/C(C)=C\C=C/C(C)C(O)CC(O)C(C)C(O)CCC(C)C(O)CC2(O)OC(C1)CC(O)C2O. The summed E-state index contributed by atoms with van der Waals surface area (Å²) in [4.78, 5) is 44.0. The molecule has 20 nitrogen and oxygen atoms in total. The van der Waals surface area contributed by atoms with Crippen molar-refractivity contribution in [1.29, 1.82) is 0 Å². The van der Waals surface area contributed by atoms with Gasteiger partial charge in [-0.3, -0.25) is 14.6 Å². The van der Waals surface area contributed by atoms with Crippen molar-refractivity contribution in [3.8, 4) is 0 Å². The number of esters is 3. The van der Waals surface area contributed by atoms with Crippen molar-refractivity contribution in [3.63, 3.8) is 0 Å². The number of unbranched alkanes of at least 4 members (excludes halogenated alkanes) is 2. The summed E-state index contributed by atoms with van der Waals surface area (Å²) in [7, 11) is 3.54. The third-order valence-electron chi connectivity index (χ3n) is 16.7. The fourth-order valence-electron chi connectivity index (χ4n) is 10.7. The van der Waals surface area contributed by atoms with E-state index >= 15 is 0 Å². The van der Waals surface area contributed by atoms with E-state index in [1.807, 2.05) is 40.8 Å². The lowest BCUT2D eigenvalue weighted by atomic mass is 9.84. The van der Waals surface area contributed by atoms with Gasteiger partial charge in [0.2, 0.25) is 0 Å². The number of carbonyl (C=O) groups is 3. The van der Waals surface area contributed by atoms with Crippen LogP contribution in [0.2, 0.25) is 0 Å². The molecule has 19 atom stereocenters. The number of aliphatic hydroxyl groups excluding tert-OH is 9. The maximum absolute atomic E-state index is 13.7. The molecule has 1 saturated heterocycles. The standard InChI is InChI=1S/C64H111N3O17/c1-12-22-47(13-2)39-81-58(76)37-59(77)82-50-32-48(68)31-49(69)33-53(71)40(3)24-20-26-44(7)60(43(6)23-18-16-14-15-17-19-30-67-63(65-10)66-11)83-62(79)45(8)27-21-25-41(4)54(72)36-55(73)46(9)52(70)29-28-42(5)57(75)38-64(80)61(78)56(74)35-51(34-50)84-64/h14-15,20-21,24-27,41-44,46-57,60-61,68-75,78,80H,12-13,16-19,22-23,28-39H2,1-11H3,(H2,65,66,67)/b15-14+,25-21-,26-20-,40-24-,45-27-. The number of carbonyl (C=O) groups excluding carboxylic acids is 3. The first-order chi connectivity index (χ1) is 39.7. The number of aliphatic imine (C=N–C) groups is 1. The molecule has 484 valence electrons. The van der Waals surface area contributed by atoms with Gasteiger partial charge < -0.3 is 80.6 Å². The zero-order valence-electron chi connectivity index (χ0n) is 52.4. The van der Waals surface area contributed by atoms with Crippen LogP contribution in [-0.4, -0.2) is 181 Å². The molecule has 0 aromatic rings. The third kappa shape index (κ3) is 28.6. The number of fused-ring (bicyclic) bond motifs is 2. The van der Waals surface area contributed by atoms with Crippen LogP contribution >= 0.6 is 0 Å². The summed E-state index contributed by atoms with van der Waals surface area (Å²) in [5.74, 6) is -6.05. The van der Waals surface area contributed by atoms with Crippen LogP contribution in [0.25, 0.3) is 0 Å². The van der Waals surface area contributed by atoms with Crippen molar-refractivity contribution in [2.45, 2.75) is 257 Å². The Morgan fingerprint density at radius 1 is 0.786 bits per heavy atom. The van der Waals surface area contributed by atoms with E-state index in [0.29, 0.717) is 11.1 Å². The summed E-state index contributed by atoms with van der Waals surface area (Å²) in [5.41, 5.74) is 0.832. The quantitative estimate of drug-likeness (QED) is 0.0153. The molecule has 0 aromatic carbocycles. The molecule has 0 saturated carbocycles. The van der Waals surface area contributed by atoms with E-state index in [1.54, 1.807) is 72.0 Å². The molecule has 19 unspecified atom stereocenters. The highest BCUT2D eigenvalue weighted by Crippen LogP contribution is 2.36. The Morgan fingerprint density at radius 3 is 2.10 bits per heavy atom. The molecular formula is C64H111N3O17. The molecule has 12 N–H and O–H groups in total. The summed E-state index contributed by atoms with van der Waals surface area (Å²) in [6.45, 7) is 17.3. The molecule has 0 aliphatic carbocycles. The first kappa shape index (κ1) is 76.0. The molecule has 2 rings (SSSR count). The average molecular weight is 1190 g/mol. The van der Waals surface area contributed by atoms with Crippen LogP contribution in [0.15, 0.2) is 64.7 Å². The normalized spacial score (nSPS) is 35.8. The Labute approximate surface area is 501 Å². The maximum Gasteiger partial charge on any atom is 0.334 e. The van der Waals surface area contributed by atoms with Crippen LogP contribution in [0.3, 0.4) is 0 Å². The second kappa shape index (κ2) is 40.4. The molecular weight excluding hydrogens is 1080 g/mol. The summed E-state index contributed by atoms with van der Waals surface area (Å²) < 4.78 is 23.4. The summed E-state index contributed by atoms with van der Waals surface area (Å²) in [6, 6.07) is 0. The van der Waals surface area contributed by atoms with Crippen molar-refractivity contribution < 1.29 is 84.4 Å². The molecule has 84 heavy (non-hydrogen) atoms. The second-order valence-electron chi connectivity index (χ2n) is 24.1. The van der Waals surface area contributed by atoms with E-state index in [1.165, 1.54) is 0 Å². The van der Waals surface area contributed by atoms with Crippen LogP contribution in [0.4, 0.5) is 0 Å². The molecule has 2 bridgehead atoms. The maximum atomic E-state index is 13.7. The van der Waals surface area contributed by atoms with Crippen LogP contribution in [-0.2, 0) is 33.3 Å². The number of rotatable bonds is 17. The number of hydrogen-bond donors (Lipinski definition) is 12. The number of hydrogen-bond acceptors (Lipinski definition) is 18. The third-order valence-corrected chi connectivity index (χ3v) is 16.7. The van der Waals surface area contributed by atoms with E-state index in [-0.39, 0.29) is 75.7 Å². The Kier molecular flexibility index (Phi) is 36.6. The number of allylic oxidation sites excluding steroid dienone is 6. The number of guanidine groups is 1. The van der Waals surface area contributed by atoms with Crippen LogP contribution < -0.4 is 10.6 Å². The van der Waals surface area contributed by atoms with Crippen molar-refractivity contribution in [2.75, 3.05) is 27.2 Å². The first-order valence-corrected chi connectivity index (χ1v) is 31.0. The predicted octanol–water partition coefficient (Wildman–Crippen LogP) is 5.92. The molecule has 2 aliphatic heterocycles. The lowest BCUT2D eigenvalue weighted by molar-refractivity contribution is -0.333. The summed E-state index contributed by atoms with van der Waals surface area (Å²) in [5, 5.41) is 119. The van der Waals surface area contributed by atoms with E-state index in [0.717, 1.165) is 63.9 Å². The zero-order chi connectivity index (χ0) is 63.1. The number of aliphatic hydroxyl groups is 10. The molecule has 0 spiro atoms. The number of nitrogens with zero attached hydrogens (tertiary/aromatic N) is 1. The first-order valence-electron chi connectivity index (χ1n) is 31.0. The summed E-state index contributed by atoms with van der Waals surface area (Å²) >= 11 is 0. The summed E-state index contributed by atoms with van der Waals surface area (Å²) in [6.07, 6.45) is 4.53. The van der Waals surface area contributed by atoms with Gasteiger partial charge in [0.05, 0.1) is 61.5 Å². The van der Waals surface area contributed by atoms with Crippen LogP contribution in [0.1, 0.15) is 178 Å². The topological polar surface area (TPSA) is 327 Å². The van der Waals surface area contributed by atoms with Gasteiger partial charge in [0.15, 0.2) is 11.7 Å². The molecule has 2 aliphatic rings. The van der Waals surface area contributed by atoms with Gasteiger partial charge in [0.25, 0.3) is 0 Å². The highest BCUT2D eigenvalue weighted by molar-refractivity contribution is 5.91. The monoisotopic (exact) mass is 1190 g/mol. The second-order valence-corrected chi connectivity index (χ2v) is 24.1. The van der Waals surface area contributed by atoms with Gasteiger partial charge in [-0.2, -0.15) is 0 Å². The lowest BCUT2D eigenvalue weighted by Crippen LogP contribution is -2.60. The van der Waals surface area contributed by atoms with Gasteiger partial charge in [-0.15, -0.1) is 0 Å². The van der Waals surface area contributed by atoms with Gasteiger partial charge in [0.1, 0.15) is 24.7 Å². The lowest BCUT2D eigenvalue weighted by Gasteiger charge is -2.45. The number of cyclic esters (lactones) is 1. The molecule has 0 radical (unpaired) electrons. The van der Waals surface area contributed by atoms with Gasteiger partial charge in [-0.25, -0.2) is 4.79 Å². The average Bonchev–Trinajstić information content (AvgIpc) is 1.69. The van der Waals surface area contributed by atoms with Crippen molar-refractivity contribution in [2.24, 2.45) is 40.5 Å². The fraction of sp³-hybridized carbons (Fsp3) is 0.781. The molecule has 0 aromatic heterocycles. The van der Waals surface area contributed by atoms with Gasteiger partial charge in [-0.05, 0) is 95.0 Å². The highest BCUT2D eigenvalue weighted by Gasteiger charge is 2.50. The van der Waals surface area contributed by atoms with Gasteiger partial charge in [0, 0.05) is 82.5 Å². The fourth-order valence-corrected chi connectivity index (χ4v) is 10.7. The van der Waals surface area contributed by atoms with Crippen molar-refractivity contribution in [3.05, 3.63) is 59.8 Å². The van der Waals surface area contributed by atoms with E-state index < -0.39 is 128 Å². The van der Waals surface area contributed by atoms with Crippen LogP contribution in [0.5, 0.6) is 0 Å². The van der Waals surface area contributed by atoms with Crippen molar-refractivity contribution >= 4 is 23.9 Å².